The van der Waals surface area contributed by atoms with Gasteiger partial charge in [-0.15, -0.1) is 0 Å². The van der Waals surface area contributed by atoms with Crippen molar-refractivity contribution in [2.24, 2.45) is 5.73 Å². The highest BCUT2D eigenvalue weighted by Crippen LogP contribution is 2.24. The Labute approximate surface area is 202 Å². The lowest BCUT2D eigenvalue weighted by Crippen LogP contribution is -2.49. The fourth-order valence-electron chi connectivity index (χ4n) is 4.15. The Morgan fingerprint density at radius 2 is 1.76 bits per heavy atom. The highest BCUT2D eigenvalue weighted by Gasteiger charge is 2.23. The quantitative estimate of drug-likeness (QED) is 0.520. The average molecular weight is 469 g/mol. The van der Waals surface area contributed by atoms with Gasteiger partial charge in [0.1, 0.15) is 6.61 Å². The molecule has 1 fully saturated rings. The molecule has 0 bridgehead atoms. The summed E-state index contributed by atoms with van der Waals surface area (Å²) in [6.45, 7) is 6.87. The van der Waals surface area contributed by atoms with E-state index in [9.17, 15) is 9.59 Å². The van der Waals surface area contributed by atoms with Gasteiger partial charge in [0.2, 0.25) is 0 Å². The zero-order valence-electron chi connectivity index (χ0n) is 20.2. The summed E-state index contributed by atoms with van der Waals surface area (Å²) in [5.74, 6) is -0.154. The Kier molecular flexibility index (Phi) is 9.73. The van der Waals surface area contributed by atoms with Gasteiger partial charge in [0.05, 0.1) is 11.7 Å². The monoisotopic (exact) mass is 468 g/mol. The summed E-state index contributed by atoms with van der Waals surface area (Å²) in [7, 11) is 1.80. The largest absolute Gasteiger partial charge is 0.445 e. The molecule has 2 aromatic rings. The number of nitrogens with zero attached hydrogens (tertiary/aromatic N) is 2. The number of hydrogen-bond donors (Lipinski definition) is 2. The van der Waals surface area contributed by atoms with Gasteiger partial charge in [0.25, 0.3) is 5.91 Å². The lowest BCUT2D eigenvalue weighted by molar-refractivity contribution is 0.0546. The number of hydrogen-bond acceptors (Lipinski definition) is 6. The Hall–Kier alpha value is -3.10. The Bertz CT molecular complexity index is 927. The normalized spacial score (nSPS) is 15.1. The van der Waals surface area contributed by atoms with Crippen LogP contribution in [0, 0.1) is 0 Å². The van der Waals surface area contributed by atoms with Crippen LogP contribution in [0.4, 0.5) is 16.2 Å². The van der Waals surface area contributed by atoms with Gasteiger partial charge in [-0.2, -0.15) is 0 Å². The van der Waals surface area contributed by atoms with Crippen molar-refractivity contribution < 1.29 is 19.1 Å². The third kappa shape index (κ3) is 7.46. The highest BCUT2D eigenvalue weighted by molar-refractivity contribution is 6.08. The molecule has 0 radical (unpaired) electrons. The number of anilines is 2. The van der Waals surface area contributed by atoms with E-state index in [1.807, 2.05) is 24.3 Å². The van der Waals surface area contributed by atoms with Crippen LogP contribution in [0.25, 0.3) is 0 Å². The number of amides is 2. The molecular formula is C26H36N4O4. The summed E-state index contributed by atoms with van der Waals surface area (Å²) < 4.78 is 10.5. The van der Waals surface area contributed by atoms with E-state index in [0.717, 1.165) is 50.4 Å². The minimum atomic E-state index is -0.815. The van der Waals surface area contributed by atoms with Crippen LogP contribution in [-0.4, -0.2) is 62.8 Å². The van der Waals surface area contributed by atoms with E-state index >= 15 is 0 Å². The first-order chi connectivity index (χ1) is 16.5. The number of primary amides is 1. The van der Waals surface area contributed by atoms with Crippen LogP contribution in [-0.2, 0) is 16.1 Å². The molecule has 3 N–H and O–H groups in total. The van der Waals surface area contributed by atoms with Gasteiger partial charge in [-0.05, 0) is 36.2 Å². The first kappa shape index (κ1) is 25.5. The topological polar surface area (TPSA) is 97.1 Å². The van der Waals surface area contributed by atoms with E-state index < -0.39 is 6.09 Å². The van der Waals surface area contributed by atoms with Crippen LogP contribution in [0.1, 0.15) is 42.1 Å². The van der Waals surface area contributed by atoms with Crippen molar-refractivity contribution in [3.8, 4) is 0 Å². The number of nitrogens with one attached hydrogen (secondary N) is 1. The van der Waals surface area contributed by atoms with E-state index in [-0.39, 0.29) is 18.6 Å². The fraction of sp³-hybridized carbons (Fsp3) is 0.462. The second-order valence-corrected chi connectivity index (χ2v) is 8.56. The van der Waals surface area contributed by atoms with E-state index in [2.05, 4.69) is 22.0 Å². The van der Waals surface area contributed by atoms with Gasteiger partial charge in [-0.1, -0.05) is 44.0 Å². The van der Waals surface area contributed by atoms with Crippen molar-refractivity contribution >= 4 is 23.4 Å². The number of nitrogens with two attached hydrogens (primary N) is 1. The molecule has 1 aliphatic heterocycles. The van der Waals surface area contributed by atoms with Crippen molar-refractivity contribution in [2.75, 3.05) is 50.1 Å². The second kappa shape index (κ2) is 13.0. The molecule has 1 unspecified atom stereocenters. The van der Waals surface area contributed by atoms with Gasteiger partial charge in [0.15, 0.2) is 0 Å². The minimum absolute atomic E-state index is 0.0993. The molecule has 8 heteroatoms. The molecule has 1 saturated heterocycles. The van der Waals surface area contributed by atoms with Crippen molar-refractivity contribution in [1.29, 1.82) is 0 Å². The lowest BCUT2D eigenvalue weighted by atomic mass is 10.1. The van der Waals surface area contributed by atoms with Crippen LogP contribution in [0.2, 0.25) is 0 Å². The summed E-state index contributed by atoms with van der Waals surface area (Å²) in [6, 6.07) is 14.9. The van der Waals surface area contributed by atoms with Gasteiger partial charge in [-0.25, -0.2) is 4.79 Å². The molecule has 2 aromatic carbocycles. The number of methoxy groups -OCH3 is 1. The molecule has 0 aliphatic carbocycles. The number of carbonyl (C=O) groups is 2. The van der Waals surface area contributed by atoms with Crippen LogP contribution in [0.5, 0.6) is 0 Å². The molecule has 184 valence electrons. The van der Waals surface area contributed by atoms with Gasteiger partial charge < -0.3 is 25.4 Å². The molecule has 2 amide bonds. The molecule has 0 spiro atoms. The van der Waals surface area contributed by atoms with Crippen molar-refractivity contribution in [2.45, 2.75) is 38.9 Å². The van der Waals surface area contributed by atoms with Crippen molar-refractivity contribution in [3.05, 3.63) is 59.7 Å². The molecule has 1 aliphatic rings. The molecule has 3 rings (SSSR count). The SMILES string of the molecule is CCCCC(CN1CCN(c2ccccc2C(=O)Nc2ccc(COC(N)=O)cc2)CC1)OC. The van der Waals surface area contributed by atoms with Crippen molar-refractivity contribution in [3.63, 3.8) is 0 Å². The standard InChI is InChI=1S/C26H36N4O4/c1-3-4-7-22(33-2)18-29-14-16-30(17-15-29)24-9-6-5-8-23(24)25(31)28-21-12-10-20(11-13-21)19-34-26(27)32/h5-6,8-13,22H,3-4,7,14-19H2,1-2H3,(H2,27,32)(H,28,31). The Morgan fingerprint density at radius 3 is 2.41 bits per heavy atom. The first-order valence-corrected chi connectivity index (χ1v) is 11.9. The second-order valence-electron chi connectivity index (χ2n) is 8.56. The zero-order chi connectivity index (χ0) is 24.3. The summed E-state index contributed by atoms with van der Waals surface area (Å²) in [5, 5.41) is 2.97. The predicted molar refractivity (Wildman–Crippen MR) is 134 cm³/mol. The summed E-state index contributed by atoms with van der Waals surface area (Å²) >= 11 is 0. The van der Waals surface area contributed by atoms with Gasteiger partial charge in [0, 0.05) is 51.2 Å². The summed E-state index contributed by atoms with van der Waals surface area (Å²) in [6.07, 6.45) is 2.92. The molecule has 0 aromatic heterocycles. The minimum Gasteiger partial charge on any atom is -0.445 e. The molecule has 8 nitrogen and oxygen atoms in total. The molecule has 1 heterocycles. The summed E-state index contributed by atoms with van der Waals surface area (Å²) in [4.78, 5) is 28.6. The molecule has 0 saturated carbocycles. The third-order valence-electron chi connectivity index (χ3n) is 6.13. The number of rotatable bonds is 11. The maximum atomic E-state index is 13.1. The Morgan fingerprint density at radius 1 is 1.06 bits per heavy atom. The number of unbranched alkanes of at least 4 members (excludes halogenated alkanes) is 1. The van der Waals surface area contributed by atoms with Crippen LogP contribution < -0.4 is 16.0 Å². The van der Waals surface area contributed by atoms with E-state index in [1.54, 1.807) is 31.4 Å². The van der Waals surface area contributed by atoms with E-state index in [1.165, 1.54) is 12.8 Å². The fourth-order valence-corrected chi connectivity index (χ4v) is 4.15. The van der Waals surface area contributed by atoms with E-state index in [0.29, 0.717) is 11.3 Å². The van der Waals surface area contributed by atoms with Crippen LogP contribution in [0.3, 0.4) is 0 Å². The Balaban J connectivity index is 1.58. The molecule has 34 heavy (non-hydrogen) atoms. The van der Waals surface area contributed by atoms with Gasteiger partial charge in [-0.3, -0.25) is 9.69 Å². The zero-order valence-corrected chi connectivity index (χ0v) is 20.2. The number of piperazine rings is 1. The number of benzene rings is 2. The van der Waals surface area contributed by atoms with Crippen LogP contribution in [0.15, 0.2) is 48.5 Å². The van der Waals surface area contributed by atoms with Gasteiger partial charge >= 0.3 is 6.09 Å². The molecule has 1 atom stereocenters. The number of carbonyl (C=O) groups excluding carboxylic acids is 2. The summed E-state index contributed by atoms with van der Waals surface area (Å²) in [5.41, 5.74) is 8.05. The maximum absolute atomic E-state index is 13.1. The number of ether oxygens (including phenoxy) is 2. The van der Waals surface area contributed by atoms with Crippen molar-refractivity contribution in [1.82, 2.24) is 4.90 Å². The smallest absolute Gasteiger partial charge is 0.404 e. The van der Waals surface area contributed by atoms with E-state index in [4.69, 9.17) is 15.2 Å². The molecular weight excluding hydrogens is 432 g/mol. The maximum Gasteiger partial charge on any atom is 0.404 e. The number of para-hydroxylation sites is 1. The average Bonchev–Trinajstić information content (AvgIpc) is 2.86. The lowest BCUT2D eigenvalue weighted by Gasteiger charge is -2.38. The highest BCUT2D eigenvalue weighted by atomic mass is 16.5. The van der Waals surface area contributed by atoms with Crippen LogP contribution >= 0.6 is 0 Å². The predicted octanol–water partition coefficient (Wildman–Crippen LogP) is 3.86. The first-order valence-electron chi connectivity index (χ1n) is 11.9. The third-order valence-corrected chi connectivity index (χ3v) is 6.13.